The van der Waals surface area contributed by atoms with Gasteiger partial charge in [0.2, 0.25) is 23.6 Å². The van der Waals surface area contributed by atoms with Crippen molar-refractivity contribution in [3.8, 4) is 0 Å². The van der Waals surface area contributed by atoms with Crippen LogP contribution in [0.3, 0.4) is 0 Å². The molecule has 1 aromatic carbocycles. The van der Waals surface area contributed by atoms with Crippen LogP contribution in [-0.4, -0.2) is 220 Å². The molecule has 1 aliphatic heterocycles. The van der Waals surface area contributed by atoms with Crippen LogP contribution in [0.15, 0.2) is 30.3 Å². The number of nitrogens with one attached hydrogen (secondary N) is 2. The molecule has 4 amide bonds. The van der Waals surface area contributed by atoms with Gasteiger partial charge in [-0.05, 0) is 36.2 Å². The Morgan fingerprint density at radius 3 is 1.75 bits per heavy atom. The third-order valence-electron chi connectivity index (χ3n) is 13.9. The van der Waals surface area contributed by atoms with E-state index in [1.807, 2.05) is 83.7 Å². The summed E-state index contributed by atoms with van der Waals surface area (Å²) < 4.78 is 50.2. The first-order valence-corrected chi connectivity index (χ1v) is 27.6. The second-order valence-corrected chi connectivity index (χ2v) is 20.4. The topological polar surface area (TPSA) is 228 Å². The molecular weight excluding hydrogens is 1000 g/mol. The smallest absolute Gasteiger partial charge is 0.328 e. The van der Waals surface area contributed by atoms with Crippen molar-refractivity contribution in [2.24, 2.45) is 29.4 Å². The van der Waals surface area contributed by atoms with Crippen LogP contribution >= 0.6 is 12.2 Å². The summed E-state index contributed by atoms with van der Waals surface area (Å²) in [5.74, 6) is -2.71. The van der Waals surface area contributed by atoms with Crippen molar-refractivity contribution in [1.29, 1.82) is 0 Å². The molecule has 1 unspecified atom stereocenters. The Labute approximate surface area is 459 Å². The van der Waals surface area contributed by atoms with Crippen molar-refractivity contribution >= 4 is 46.8 Å². The molecule has 9 atom stereocenters. The molecule has 0 aromatic heterocycles. The standard InChI is InChI=1S/C55H96N6O14S/c1-13-40(6)50(45(67-10)37-47(63)61-23-17-20-44(61)51(68-11)41(7)53(76)57-43(55(66)69-12)36-42-18-15-14-16-19-42)60(9)54(65)48(38(2)3)58-52(64)49(39(4)5)59(8)46(62)21-24-70-26-28-72-30-32-74-34-35-75-33-31-73-29-27-71-25-22-56/h14-16,18-19,38-41,43-45,48-51H,13,17,20-37,56H2,1-12H3,(H,57,76)(H,58,64)/t40-,41+,43-,44-,45+,48?,49-,50-,51+/m0/s1. The fourth-order valence-electron chi connectivity index (χ4n) is 9.47. The van der Waals surface area contributed by atoms with Crippen molar-refractivity contribution < 1.29 is 66.6 Å². The molecule has 0 spiro atoms. The molecule has 0 aliphatic carbocycles. The van der Waals surface area contributed by atoms with Crippen molar-refractivity contribution in [3.05, 3.63) is 35.9 Å². The van der Waals surface area contributed by atoms with Crippen LogP contribution in [0.1, 0.15) is 86.1 Å². The molecule has 1 aromatic rings. The number of carbonyl (C=O) groups is 5. The second kappa shape index (κ2) is 38.6. The van der Waals surface area contributed by atoms with Gasteiger partial charge in [-0.2, -0.15) is 0 Å². The summed E-state index contributed by atoms with van der Waals surface area (Å²) in [6.45, 7) is 19.3. The average molecular weight is 1100 g/mol. The lowest BCUT2D eigenvalue weighted by Crippen LogP contribution is -2.60. The van der Waals surface area contributed by atoms with E-state index in [9.17, 15) is 24.0 Å². The Morgan fingerprint density at radius 2 is 1.28 bits per heavy atom. The molecule has 0 bridgehead atoms. The molecule has 2 rings (SSSR count). The Hall–Kier alpha value is -3.90. The van der Waals surface area contributed by atoms with E-state index in [1.54, 1.807) is 33.2 Å². The summed E-state index contributed by atoms with van der Waals surface area (Å²) in [4.78, 5) is 74.9. The highest BCUT2D eigenvalue weighted by Crippen LogP contribution is 2.30. The van der Waals surface area contributed by atoms with Gasteiger partial charge in [0, 0.05) is 53.7 Å². The van der Waals surface area contributed by atoms with E-state index in [-0.39, 0.29) is 73.5 Å². The highest BCUT2D eigenvalue weighted by molar-refractivity contribution is 7.80. The number of likely N-dealkylation sites (tertiary alicyclic amines) is 1. The number of amides is 4. The first-order chi connectivity index (χ1) is 36.4. The van der Waals surface area contributed by atoms with E-state index >= 15 is 0 Å². The van der Waals surface area contributed by atoms with E-state index in [0.29, 0.717) is 103 Å². The van der Waals surface area contributed by atoms with Gasteiger partial charge in [-0.25, -0.2) is 4.79 Å². The number of esters is 1. The van der Waals surface area contributed by atoms with Gasteiger partial charge in [0.05, 0.1) is 129 Å². The molecule has 0 radical (unpaired) electrons. The molecule has 4 N–H and O–H groups in total. The lowest BCUT2D eigenvalue weighted by Gasteiger charge is -2.41. The van der Waals surface area contributed by atoms with Crippen LogP contribution < -0.4 is 16.4 Å². The van der Waals surface area contributed by atoms with E-state index in [2.05, 4.69) is 10.6 Å². The van der Waals surface area contributed by atoms with Gasteiger partial charge in [-0.15, -0.1) is 0 Å². The number of benzene rings is 1. The zero-order valence-electron chi connectivity index (χ0n) is 47.9. The summed E-state index contributed by atoms with van der Waals surface area (Å²) in [7, 11) is 7.78. The number of nitrogens with two attached hydrogens (primary N) is 1. The van der Waals surface area contributed by atoms with Crippen LogP contribution in [0.25, 0.3) is 0 Å². The van der Waals surface area contributed by atoms with Crippen molar-refractivity contribution in [3.63, 3.8) is 0 Å². The molecule has 1 saturated heterocycles. The maximum absolute atomic E-state index is 14.7. The summed E-state index contributed by atoms with van der Waals surface area (Å²) >= 11 is 5.89. The molecule has 0 saturated carbocycles. The summed E-state index contributed by atoms with van der Waals surface area (Å²) in [6, 6.07) is 6.23. The van der Waals surface area contributed by atoms with Crippen LogP contribution in [0.5, 0.6) is 0 Å². The number of likely N-dealkylation sites (N-methyl/N-ethyl adjacent to an activating group) is 2. The van der Waals surface area contributed by atoms with E-state index < -0.39 is 48.3 Å². The third-order valence-corrected chi connectivity index (χ3v) is 14.4. The predicted octanol–water partition coefficient (Wildman–Crippen LogP) is 3.68. The van der Waals surface area contributed by atoms with E-state index in [0.717, 1.165) is 12.0 Å². The molecular formula is C55H96N6O14S. The van der Waals surface area contributed by atoms with Crippen molar-refractivity contribution in [1.82, 2.24) is 25.3 Å². The average Bonchev–Trinajstić information content (AvgIpc) is 3.89. The Balaban J connectivity index is 2.00. The molecule has 20 nitrogen and oxygen atoms in total. The number of ether oxygens (including phenoxy) is 9. The van der Waals surface area contributed by atoms with Crippen LogP contribution in [0.2, 0.25) is 0 Å². The molecule has 1 heterocycles. The van der Waals surface area contributed by atoms with Crippen LogP contribution in [0.4, 0.5) is 0 Å². The predicted molar refractivity (Wildman–Crippen MR) is 295 cm³/mol. The SMILES string of the molecule is CC[C@H](C)[C@@H]([C@@H](CC(=O)N1CCC[C@H]1[C@H](OC)[C@@H](C)C(=S)N[C@@H](Cc1ccccc1)C(=O)OC)OC)N(C)C(=O)C(NC(=O)[C@H](C(C)C)N(C)C(=O)CCOCCOCCOCCOCCOCCOCCN)C(C)C. The zero-order valence-corrected chi connectivity index (χ0v) is 48.7. The zero-order chi connectivity index (χ0) is 56.6. The molecule has 76 heavy (non-hydrogen) atoms. The fourth-order valence-corrected chi connectivity index (χ4v) is 9.74. The van der Waals surface area contributed by atoms with Gasteiger partial charge < -0.3 is 73.7 Å². The first-order valence-electron chi connectivity index (χ1n) is 27.2. The largest absolute Gasteiger partial charge is 0.467 e. The van der Waals surface area contributed by atoms with Gasteiger partial charge >= 0.3 is 5.97 Å². The summed E-state index contributed by atoms with van der Waals surface area (Å²) in [5, 5.41) is 6.23. The number of carbonyl (C=O) groups excluding carboxylic acids is 5. The number of hydrogen-bond donors (Lipinski definition) is 3. The Morgan fingerprint density at radius 1 is 0.737 bits per heavy atom. The van der Waals surface area contributed by atoms with Crippen molar-refractivity contribution in [2.45, 2.75) is 129 Å². The number of hydrogen-bond acceptors (Lipinski definition) is 16. The lowest BCUT2D eigenvalue weighted by atomic mass is 9.89. The number of thiocarbonyl (C=S) groups is 1. The van der Waals surface area contributed by atoms with Gasteiger partial charge in [0.1, 0.15) is 18.1 Å². The quantitative estimate of drug-likeness (QED) is 0.0483. The summed E-state index contributed by atoms with van der Waals surface area (Å²) in [5.41, 5.74) is 6.32. The highest BCUT2D eigenvalue weighted by atomic mass is 32.1. The van der Waals surface area contributed by atoms with Crippen LogP contribution in [-0.2, 0) is 73.0 Å². The molecule has 1 fully saturated rings. The maximum atomic E-state index is 14.7. The second-order valence-electron chi connectivity index (χ2n) is 20.0. The van der Waals surface area contributed by atoms with Crippen molar-refractivity contribution in [2.75, 3.05) is 128 Å². The normalized spacial score (nSPS) is 16.8. The highest BCUT2D eigenvalue weighted by Gasteiger charge is 2.43. The number of methoxy groups -OCH3 is 3. The molecule has 436 valence electrons. The number of rotatable bonds is 41. The van der Waals surface area contributed by atoms with Gasteiger partial charge in [0.25, 0.3) is 0 Å². The summed E-state index contributed by atoms with van der Waals surface area (Å²) in [6.07, 6.45) is 1.36. The first kappa shape index (κ1) is 68.2. The Kier molecular flexibility index (Phi) is 34.7. The number of nitrogens with zero attached hydrogens (tertiary/aromatic N) is 3. The minimum atomic E-state index is -0.942. The fraction of sp³-hybridized carbons (Fsp3) is 0.782. The van der Waals surface area contributed by atoms with Gasteiger partial charge in [0.15, 0.2) is 0 Å². The molecule has 1 aliphatic rings. The molecule has 21 heteroatoms. The Bertz CT molecular complexity index is 1820. The van der Waals surface area contributed by atoms with E-state index in [1.165, 1.54) is 12.0 Å². The lowest BCUT2D eigenvalue weighted by molar-refractivity contribution is -0.148. The van der Waals surface area contributed by atoms with Gasteiger partial charge in [-0.1, -0.05) is 97.4 Å². The van der Waals surface area contributed by atoms with E-state index in [4.69, 9.17) is 60.6 Å². The monoisotopic (exact) mass is 1100 g/mol. The van der Waals surface area contributed by atoms with Crippen LogP contribution in [0, 0.1) is 23.7 Å². The minimum Gasteiger partial charge on any atom is -0.467 e. The maximum Gasteiger partial charge on any atom is 0.328 e. The minimum absolute atomic E-state index is 0.0102. The third kappa shape index (κ3) is 23.6. The van der Waals surface area contributed by atoms with Gasteiger partial charge in [-0.3, -0.25) is 19.2 Å².